The van der Waals surface area contributed by atoms with Gasteiger partial charge < -0.3 is 10.2 Å². The number of rotatable bonds is 0. The topological polar surface area (TPSA) is 92.0 Å². The van der Waals surface area contributed by atoms with Crippen LogP contribution in [0.1, 0.15) is 27.9 Å². The van der Waals surface area contributed by atoms with Crippen molar-refractivity contribution in [2.24, 2.45) is 0 Å². The third-order valence-corrected chi connectivity index (χ3v) is 8.22. The van der Waals surface area contributed by atoms with Crippen molar-refractivity contribution >= 4 is 65.4 Å². The predicted octanol–water partition coefficient (Wildman–Crippen LogP) is 8.83. The van der Waals surface area contributed by atoms with Crippen molar-refractivity contribution in [2.45, 2.75) is 34.6 Å². The Bertz CT molecular complexity index is 2430. The Morgan fingerprint density at radius 2 is 0.977 bits per heavy atom. The lowest BCUT2D eigenvalue weighted by Gasteiger charge is -2.08. The molecule has 3 heterocycles. The number of benzene rings is 4. The molecular weight excluding hydrogens is 532 g/mol. The number of phenolic OH excluding ortho intramolecular Hbond substituents is 2. The van der Waals surface area contributed by atoms with Crippen molar-refractivity contribution < 1.29 is 10.2 Å². The highest BCUT2D eigenvalue weighted by Crippen LogP contribution is 2.34. The molecule has 210 valence electrons. The van der Waals surface area contributed by atoms with Crippen molar-refractivity contribution in [1.29, 1.82) is 0 Å². The van der Waals surface area contributed by atoms with Gasteiger partial charge in [0.2, 0.25) is 0 Å². The van der Waals surface area contributed by atoms with Crippen molar-refractivity contribution in [1.82, 2.24) is 19.9 Å². The fourth-order valence-electron chi connectivity index (χ4n) is 5.78. The van der Waals surface area contributed by atoms with Gasteiger partial charge in [-0.25, -0.2) is 9.97 Å². The highest BCUT2D eigenvalue weighted by molar-refractivity contribution is 6.07. The molecule has 3 aromatic heterocycles. The Morgan fingerprint density at radius 3 is 1.60 bits per heavy atom. The summed E-state index contributed by atoms with van der Waals surface area (Å²) in [6, 6.07) is 23.6. The molecule has 0 amide bonds. The summed E-state index contributed by atoms with van der Waals surface area (Å²) in [6.45, 7) is 9.97. The summed E-state index contributed by atoms with van der Waals surface area (Å²) < 4.78 is 0. The van der Waals surface area contributed by atoms with E-state index in [0.717, 1.165) is 44.1 Å². The standard InChI is InChI=1S/C37H30N4O2/c1-19-12-26-18-38-32-16-21(3)22(4)17-33(32)39-23(5)27-13-20(2)15-29(37(27)43)31-11-9-25-7-6-24-8-10-30(28(14-19)36(26)42)40-34(24)35(25)41-31/h6-18,42-43H,1-5H3. The van der Waals surface area contributed by atoms with Gasteiger partial charge in [-0.2, -0.15) is 0 Å². The maximum atomic E-state index is 11.6. The molecule has 0 atom stereocenters. The molecule has 6 heteroatoms. The number of hydrogen-bond donors (Lipinski definition) is 2. The summed E-state index contributed by atoms with van der Waals surface area (Å²) >= 11 is 0. The van der Waals surface area contributed by atoms with Gasteiger partial charge in [0.1, 0.15) is 11.5 Å². The molecule has 0 unspecified atom stereocenters. The summed E-state index contributed by atoms with van der Waals surface area (Å²) in [5, 5.41) is 27.4. The average molecular weight is 563 g/mol. The molecule has 7 aromatic rings. The van der Waals surface area contributed by atoms with E-state index < -0.39 is 0 Å². The molecule has 2 N–H and O–H groups in total. The summed E-state index contributed by atoms with van der Waals surface area (Å²) in [4.78, 5) is 19.9. The Hall–Kier alpha value is -5.36. The third-order valence-electron chi connectivity index (χ3n) is 8.22. The summed E-state index contributed by atoms with van der Waals surface area (Å²) in [7, 11) is 0. The van der Waals surface area contributed by atoms with Crippen LogP contribution in [0.15, 0.2) is 79.0 Å². The van der Waals surface area contributed by atoms with Crippen LogP contribution in [0.2, 0.25) is 0 Å². The minimum Gasteiger partial charge on any atom is -0.507 e. The van der Waals surface area contributed by atoms with Gasteiger partial charge in [0, 0.05) is 44.2 Å². The Balaban J connectivity index is 1.77. The smallest absolute Gasteiger partial charge is 0.134 e. The van der Waals surface area contributed by atoms with Crippen molar-refractivity contribution in [3.63, 3.8) is 0 Å². The van der Waals surface area contributed by atoms with E-state index in [0.29, 0.717) is 49.3 Å². The molecule has 0 saturated carbocycles. The molecule has 0 aliphatic rings. The summed E-state index contributed by atoms with van der Waals surface area (Å²) in [5.41, 5.74) is 8.83. The lowest BCUT2D eigenvalue weighted by molar-refractivity contribution is 0.486. The van der Waals surface area contributed by atoms with E-state index in [2.05, 4.69) is 0 Å². The molecule has 0 aliphatic heterocycles. The minimum absolute atomic E-state index is 0.108. The maximum absolute atomic E-state index is 11.6. The van der Waals surface area contributed by atoms with Gasteiger partial charge in [0.15, 0.2) is 0 Å². The first-order chi connectivity index (χ1) is 20.7. The van der Waals surface area contributed by atoms with Crippen molar-refractivity contribution in [2.75, 3.05) is 0 Å². The maximum Gasteiger partial charge on any atom is 0.134 e. The summed E-state index contributed by atoms with van der Waals surface area (Å²) in [5.74, 6) is 0.231. The van der Waals surface area contributed by atoms with Gasteiger partial charge >= 0.3 is 0 Å². The number of nitrogens with zero attached hydrogens (tertiary/aromatic N) is 4. The number of aromatic nitrogens is 4. The van der Waals surface area contributed by atoms with Gasteiger partial charge in [-0.15, -0.1) is 0 Å². The zero-order valence-corrected chi connectivity index (χ0v) is 24.7. The van der Waals surface area contributed by atoms with Crippen LogP contribution >= 0.6 is 0 Å². The molecule has 7 rings (SSSR count). The molecule has 4 aromatic carbocycles. The van der Waals surface area contributed by atoms with Gasteiger partial charge in [-0.1, -0.05) is 24.3 Å². The van der Waals surface area contributed by atoms with E-state index in [9.17, 15) is 10.2 Å². The molecule has 0 saturated heterocycles. The van der Waals surface area contributed by atoms with E-state index in [1.165, 1.54) is 0 Å². The highest BCUT2D eigenvalue weighted by atomic mass is 16.3. The Labute approximate surface area is 248 Å². The fourth-order valence-corrected chi connectivity index (χ4v) is 5.78. The zero-order valence-electron chi connectivity index (χ0n) is 24.7. The fraction of sp³-hybridized carbons (Fsp3) is 0.135. The van der Waals surface area contributed by atoms with Crippen LogP contribution in [0, 0.1) is 34.6 Å². The Kier molecular flexibility index (Phi) is 6.10. The number of aromatic hydroxyl groups is 2. The second kappa shape index (κ2) is 9.88. The van der Waals surface area contributed by atoms with Gasteiger partial charge in [-0.3, -0.25) is 9.97 Å². The second-order valence-corrected chi connectivity index (χ2v) is 11.4. The van der Waals surface area contributed by atoms with Gasteiger partial charge in [-0.05, 0) is 105 Å². The number of pyridine rings is 2. The summed E-state index contributed by atoms with van der Waals surface area (Å²) in [6.07, 6.45) is 1.68. The second-order valence-electron chi connectivity index (χ2n) is 11.4. The van der Waals surface area contributed by atoms with Crippen LogP contribution in [0.4, 0.5) is 0 Å². The van der Waals surface area contributed by atoms with Crippen LogP contribution in [0.5, 0.6) is 11.5 Å². The zero-order chi connectivity index (χ0) is 30.0. The van der Waals surface area contributed by atoms with Crippen LogP contribution < -0.4 is 0 Å². The first-order valence-corrected chi connectivity index (χ1v) is 14.3. The number of phenols is 2. The molecule has 43 heavy (non-hydrogen) atoms. The highest BCUT2D eigenvalue weighted by Gasteiger charge is 2.11. The molecule has 8 bridgehead atoms. The predicted molar refractivity (Wildman–Crippen MR) is 176 cm³/mol. The molecular formula is C37H30N4O2. The SMILES string of the molecule is Cc1cc2cnc3cc(C)c(C)cc3nc(C)c3cc(C)cc(c3O)c3ccc4ccc5ccc(nc5c4n3)c(c1)c2O. The van der Waals surface area contributed by atoms with Crippen LogP contribution in [0.25, 0.3) is 65.4 Å². The van der Waals surface area contributed by atoms with E-state index in [4.69, 9.17) is 19.9 Å². The largest absolute Gasteiger partial charge is 0.507 e. The molecule has 6 nitrogen and oxygen atoms in total. The first kappa shape index (κ1) is 26.5. The van der Waals surface area contributed by atoms with E-state index in [1.807, 2.05) is 107 Å². The lowest BCUT2D eigenvalue weighted by atomic mass is 10.0. The number of fused-ring (bicyclic) bond motifs is 9. The lowest BCUT2D eigenvalue weighted by Crippen LogP contribution is -1.90. The van der Waals surface area contributed by atoms with Crippen LogP contribution in [-0.2, 0) is 0 Å². The molecule has 0 fully saturated rings. The molecule has 0 radical (unpaired) electrons. The number of hydrogen-bond acceptors (Lipinski definition) is 6. The number of aryl methyl sites for hydroxylation is 5. The van der Waals surface area contributed by atoms with Crippen molar-refractivity contribution in [3.05, 3.63) is 107 Å². The molecule has 0 aliphatic carbocycles. The quantitative estimate of drug-likeness (QED) is 0.179. The Morgan fingerprint density at radius 1 is 0.465 bits per heavy atom. The molecule has 0 spiro atoms. The van der Waals surface area contributed by atoms with E-state index >= 15 is 0 Å². The van der Waals surface area contributed by atoms with Crippen LogP contribution in [0.3, 0.4) is 0 Å². The minimum atomic E-state index is 0.108. The van der Waals surface area contributed by atoms with Crippen LogP contribution in [-0.4, -0.2) is 30.1 Å². The average Bonchev–Trinajstić information content (AvgIpc) is 2.99. The third kappa shape index (κ3) is 4.52. The monoisotopic (exact) mass is 562 g/mol. The van der Waals surface area contributed by atoms with Crippen molar-refractivity contribution in [3.8, 4) is 11.5 Å². The van der Waals surface area contributed by atoms with Gasteiger partial charge in [0.25, 0.3) is 0 Å². The van der Waals surface area contributed by atoms with E-state index in [1.54, 1.807) is 6.20 Å². The normalized spacial score (nSPS) is 11.6. The van der Waals surface area contributed by atoms with E-state index in [-0.39, 0.29) is 11.5 Å². The first-order valence-electron chi connectivity index (χ1n) is 14.3. The van der Waals surface area contributed by atoms with Gasteiger partial charge in [0.05, 0.1) is 33.1 Å².